The number of hydrogen-bond acceptors (Lipinski definition) is 0. The maximum absolute atomic E-state index is 13.3. The third-order valence-electron chi connectivity index (χ3n) is 3.81. The van der Waals surface area contributed by atoms with Crippen molar-refractivity contribution in [1.29, 1.82) is 0 Å². The van der Waals surface area contributed by atoms with Gasteiger partial charge in [-0.15, -0.1) is 0 Å². The van der Waals surface area contributed by atoms with Crippen LogP contribution in [0.2, 0.25) is 0 Å². The van der Waals surface area contributed by atoms with Gasteiger partial charge in [-0.1, -0.05) is 0 Å². The summed E-state index contributed by atoms with van der Waals surface area (Å²) < 4.78 is 77.6. The molecule has 88 valence electrons. The molecular formula is C9H10F6. The van der Waals surface area contributed by atoms with Crippen molar-refractivity contribution in [3.05, 3.63) is 0 Å². The lowest BCUT2D eigenvalue weighted by Crippen LogP contribution is -2.62. The molecule has 0 aromatic rings. The summed E-state index contributed by atoms with van der Waals surface area (Å²) in [6.45, 7) is 0. The van der Waals surface area contributed by atoms with Gasteiger partial charge in [0, 0.05) is 5.92 Å². The molecule has 0 aliphatic heterocycles. The van der Waals surface area contributed by atoms with Crippen molar-refractivity contribution in [2.24, 2.45) is 11.3 Å². The molecule has 3 rings (SSSR count). The Kier molecular flexibility index (Phi) is 2.09. The Morgan fingerprint density at radius 3 is 1.80 bits per heavy atom. The summed E-state index contributed by atoms with van der Waals surface area (Å²) in [5.74, 6) is -5.02. The Morgan fingerprint density at radius 2 is 1.47 bits per heavy atom. The second kappa shape index (κ2) is 2.83. The highest BCUT2D eigenvalue weighted by molar-refractivity contribution is 5.09. The molecule has 0 aromatic heterocycles. The van der Waals surface area contributed by atoms with Gasteiger partial charge in [0.2, 0.25) is 0 Å². The highest BCUT2D eigenvalue weighted by atomic mass is 19.4. The first kappa shape index (κ1) is 11.1. The second-order valence-corrected chi connectivity index (χ2v) is 4.47. The maximum Gasteiger partial charge on any atom is 0.397 e. The fourth-order valence-electron chi connectivity index (χ4n) is 2.77. The lowest BCUT2D eigenvalue weighted by Gasteiger charge is -2.53. The summed E-state index contributed by atoms with van der Waals surface area (Å²) in [6.07, 6.45) is -9.41. The lowest BCUT2D eigenvalue weighted by molar-refractivity contribution is -0.324. The van der Waals surface area contributed by atoms with Gasteiger partial charge < -0.3 is 0 Å². The molecule has 0 spiro atoms. The molecule has 15 heavy (non-hydrogen) atoms. The van der Waals surface area contributed by atoms with E-state index < -0.39 is 42.4 Å². The van der Waals surface area contributed by atoms with Crippen LogP contribution in [0.5, 0.6) is 0 Å². The molecule has 0 radical (unpaired) electrons. The van der Waals surface area contributed by atoms with E-state index in [2.05, 4.69) is 0 Å². The van der Waals surface area contributed by atoms with Crippen molar-refractivity contribution in [1.82, 2.24) is 0 Å². The number of halogens is 6. The molecule has 0 nitrogen and oxygen atoms in total. The number of alkyl halides is 6. The van der Waals surface area contributed by atoms with Crippen LogP contribution in [0.3, 0.4) is 0 Å². The van der Waals surface area contributed by atoms with Gasteiger partial charge in [0.25, 0.3) is 5.92 Å². The van der Waals surface area contributed by atoms with Crippen molar-refractivity contribution in [2.75, 3.05) is 0 Å². The first-order valence-corrected chi connectivity index (χ1v) is 4.80. The maximum atomic E-state index is 13.3. The molecule has 1 unspecified atom stereocenters. The van der Waals surface area contributed by atoms with E-state index in [4.69, 9.17) is 0 Å². The first-order chi connectivity index (χ1) is 6.72. The topological polar surface area (TPSA) is 0 Å². The van der Waals surface area contributed by atoms with Gasteiger partial charge >= 0.3 is 6.18 Å². The van der Waals surface area contributed by atoms with Crippen LogP contribution in [0, 0.1) is 11.3 Å². The molecule has 0 N–H and O–H groups in total. The molecule has 3 fully saturated rings. The average molecular weight is 232 g/mol. The lowest BCUT2D eigenvalue weighted by atomic mass is 9.57. The summed E-state index contributed by atoms with van der Waals surface area (Å²) in [5, 5.41) is 0. The smallest absolute Gasteiger partial charge is 0.240 e. The Morgan fingerprint density at radius 1 is 1.00 bits per heavy atom. The van der Waals surface area contributed by atoms with E-state index in [1.54, 1.807) is 0 Å². The molecule has 0 saturated heterocycles. The summed E-state index contributed by atoms with van der Waals surface area (Å²) in [6, 6.07) is 0. The molecule has 3 saturated carbocycles. The highest BCUT2D eigenvalue weighted by Crippen LogP contribution is 2.64. The van der Waals surface area contributed by atoms with E-state index in [1.165, 1.54) is 0 Å². The van der Waals surface area contributed by atoms with Crippen LogP contribution in [0.1, 0.15) is 25.7 Å². The van der Waals surface area contributed by atoms with Crippen molar-refractivity contribution >= 4 is 0 Å². The normalized spacial score (nSPS) is 44.4. The third kappa shape index (κ3) is 1.22. The third-order valence-corrected chi connectivity index (χ3v) is 3.81. The average Bonchev–Trinajstić information content (AvgIpc) is 2.12. The van der Waals surface area contributed by atoms with Gasteiger partial charge in [0.15, 0.2) is 6.17 Å². The Labute approximate surface area is 82.6 Å². The van der Waals surface area contributed by atoms with E-state index >= 15 is 0 Å². The molecule has 1 atom stereocenters. The summed E-state index contributed by atoms with van der Waals surface area (Å²) >= 11 is 0. The van der Waals surface area contributed by atoms with Crippen molar-refractivity contribution < 1.29 is 26.3 Å². The predicted molar refractivity (Wildman–Crippen MR) is 40.3 cm³/mol. The zero-order valence-corrected chi connectivity index (χ0v) is 7.75. The van der Waals surface area contributed by atoms with Crippen molar-refractivity contribution in [3.8, 4) is 0 Å². The molecule has 0 aromatic carbocycles. The monoisotopic (exact) mass is 232 g/mol. The van der Waals surface area contributed by atoms with Crippen LogP contribution in [-0.2, 0) is 0 Å². The molecule has 2 bridgehead atoms. The van der Waals surface area contributed by atoms with Crippen LogP contribution in [-0.4, -0.2) is 18.3 Å². The van der Waals surface area contributed by atoms with Crippen molar-refractivity contribution in [2.45, 2.75) is 44.0 Å². The fraction of sp³-hybridized carbons (Fsp3) is 1.00. The molecule has 3 aliphatic carbocycles. The minimum Gasteiger partial charge on any atom is -0.240 e. The Balaban J connectivity index is 2.41. The van der Waals surface area contributed by atoms with Crippen LogP contribution >= 0.6 is 0 Å². The van der Waals surface area contributed by atoms with E-state index in [0.717, 1.165) is 0 Å². The summed E-state index contributed by atoms with van der Waals surface area (Å²) in [4.78, 5) is 0. The van der Waals surface area contributed by atoms with Gasteiger partial charge in [-0.05, 0) is 25.7 Å². The predicted octanol–water partition coefficient (Wildman–Crippen LogP) is 3.71. The van der Waals surface area contributed by atoms with Gasteiger partial charge in [-0.3, -0.25) is 0 Å². The van der Waals surface area contributed by atoms with E-state index in [9.17, 15) is 26.3 Å². The van der Waals surface area contributed by atoms with Crippen LogP contribution in [0.4, 0.5) is 26.3 Å². The van der Waals surface area contributed by atoms with Gasteiger partial charge in [0.05, 0.1) is 0 Å². The SMILES string of the molecule is FC1C(F)(F)C2CCC1(C(F)(F)F)CC2. The number of hydrogen-bond donors (Lipinski definition) is 0. The molecule has 3 aliphatic rings. The molecule has 0 heterocycles. The minimum atomic E-state index is -4.87. The van der Waals surface area contributed by atoms with Gasteiger partial charge in [-0.25, -0.2) is 13.2 Å². The number of rotatable bonds is 0. The molecule has 6 heteroatoms. The fourth-order valence-corrected chi connectivity index (χ4v) is 2.77. The second-order valence-electron chi connectivity index (χ2n) is 4.47. The standard InChI is InChI=1S/C9H10F6/c10-6-7(9(13,14)15)3-1-5(2-4-7)8(6,11)12/h5-6H,1-4H2. The quantitative estimate of drug-likeness (QED) is 0.558. The van der Waals surface area contributed by atoms with Gasteiger partial charge in [0.1, 0.15) is 5.41 Å². The molecule has 0 amide bonds. The minimum absolute atomic E-state index is 0.229. The van der Waals surface area contributed by atoms with Crippen LogP contribution in [0.15, 0.2) is 0 Å². The summed E-state index contributed by atoms with van der Waals surface area (Å²) in [5.41, 5.74) is -2.80. The first-order valence-electron chi connectivity index (χ1n) is 4.80. The van der Waals surface area contributed by atoms with E-state index in [1.807, 2.05) is 0 Å². The largest absolute Gasteiger partial charge is 0.397 e. The van der Waals surface area contributed by atoms with E-state index in [0.29, 0.717) is 0 Å². The highest BCUT2D eigenvalue weighted by Gasteiger charge is 2.73. The Bertz CT molecular complexity index is 260. The zero-order valence-electron chi connectivity index (χ0n) is 7.75. The summed E-state index contributed by atoms with van der Waals surface area (Å²) in [7, 11) is 0. The number of fused-ring (bicyclic) bond motifs is 3. The van der Waals surface area contributed by atoms with E-state index in [-0.39, 0.29) is 12.8 Å². The van der Waals surface area contributed by atoms with Crippen molar-refractivity contribution in [3.63, 3.8) is 0 Å². The molecular weight excluding hydrogens is 222 g/mol. The Hall–Kier alpha value is -0.420. The van der Waals surface area contributed by atoms with Gasteiger partial charge in [-0.2, -0.15) is 13.2 Å². The van der Waals surface area contributed by atoms with Crippen LogP contribution < -0.4 is 0 Å². The van der Waals surface area contributed by atoms with Crippen LogP contribution in [0.25, 0.3) is 0 Å². The zero-order chi connectivity index (χ0) is 11.5.